The van der Waals surface area contributed by atoms with Gasteiger partial charge in [0.15, 0.2) is 11.5 Å². The van der Waals surface area contributed by atoms with E-state index in [1.807, 2.05) is 24.0 Å². The second kappa shape index (κ2) is 6.61. The molecule has 2 aromatic rings. The van der Waals surface area contributed by atoms with Crippen molar-refractivity contribution in [2.45, 2.75) is 26.2 Å². The Morgan fingerprint density at radius 3 is 2.71 bits per heavy atom. The van der Waals surface area contributed by atoms with Crippen molar-refractivity contribution in [1.29, 1.82) is 0 Å². The van der Waals surface area contributed by atoms with Crippen LogP contribution in [0.25, 0.3) is 11.5 Å². The van der Waals surface area contributed by atoms with Gasteiger partial charge in [0.05, 0.1) is 0 Å². The third-order valence-corrected chi connectivity index (χ3v) is 5.25. The molecule has 0 atom stereocenters. The number of aromatic nitrogens is 2. The van der Waals surface area contributed by atoms with Gasteiger partial charge in [-0.3, -0.25) is 9.89 Å². The number of rotatable bonds is 2. The Labute approximate surface area is 147 Å². The number of nitrogens with one attached hydrogen (secondary N) is 2. The number of halogens is 1. The molecule has 2 aliphatic rings. The van der Waals surface area contributed by atoms with Gasteiger partial charge < -0.3 is 14.6 Å². The molecule has 7 heteroatoms. The van der Waals surface area contributed by atoms with Gasteiger partial charge in [0.1, 0.15) is 11.5 Å². The van der Waals surface area contributed by atoms with Crippen LogP contribution in [0.1, 0.15) is 35.5 Å². The summed E-state index contributed by atoms with van der Waals surface area (Å²) in [4.78, 5) is 14.6. The second-order valence-electron chi connectivity index (χ2n) is 6.80. The molecule has 1 spiro atoms. The highest BCUT2D eigenvalue weighted by Crippen LogP contribution is 2.37. The van der Waals surface area contributed by atoms with Crippen LogP contribution in [0.3, 0.4) is 0 Å². The summed E-state index contributed by atoms with van der Waals surface area (Å²) in [5, 5.41) is 10.5. The Hall–Kier alpha value is -1.79. The largest absolute Gasteiger partial charge is 0.460 e. The van der Waals surface area contributed by atoms with Crippen molar-refractivity contribution in [2.75, 3.05) is 26.2 Å². The van der Waals surface area contributed by atoms with Gasteiger partial charge in [0.2, 0.25) is 0 Å². The molecule has 2 saturated heterocycles. The van der Waals surface area contributed by atoms with E-state index in [4.69, 9.17) is 4.42 Å². The molecule has 0 bridgehead atoms. The second-order valence-corrected chi connectivity index (χ2v) is 6.80. The Morgan fingerprint density at radius 1 is 1.29 bits per heavy atom. The van der Waals surface area contributed by atoms with Crippen LogP contribution in [0.5, 0.6) is 0 Å². The number of carbonyl (C=O) groups is 1. The van der Waals surface area contributed by atoms with Gasteiger partial charge in [-0.25, -0.2) is 0 Å². The fourth-order valence-corrected chi connectivity index (χ4v) is 3.71. The van der Waals surface area contributed by atoms with E-state index in [-0.39, 0.29) is 18.3 Å². The number of hydrogen-bond donors (Lipinski definition) is 2. The van der Waals surface area contributed by atoms with E-state index in [0.717, 1.165) is 50.5 Å². The molecule has 4 heterocycles. The zero-order chi connectivity index (χ0) is 15.9. The maximum Gasteiger partial charge on any atom is 0.274 e. The molecule has 24 heavy (non-hydrogen) atoms. The average molecular weight is 351 g/mol. The number of furan rings is 1. The number of hydrogen-bond acceptors (Lipinski definition) is 4. The molecule has 130 valence electrons. The van der Waals surface area contributed by atoms with Crippen LogP contribution in [-0.2, 0) is 0 Å². The van der Waals surface area contributed by atoms with E-state index in [1.165, 1.54) is 6.42 Å². The van der Waals surface area contributed by atoms with Crippen molar-refractivity contribution < 1.29 is 9.21 Å². The molecular formula is C17H23ClN4O2. The van der Waals surface area contributed by atoms with Gasteiger partial charge in [0, 0.05) is 25.7 Å². The molecule has 0 saturated carbocycles. The molecule has 2 aromatic heterocycles. The van der Waals surface area contributed by atoms with Crippen LogP contribution in [0.2, 0.25) is 0 Å². The van der Waals surface area contributed by atoms with E-state index < -0.39 is 0 Å². The minimum Gasteiger partial charge on any atom is -0.460 e. The monoisotopic (exact) mass is 350 g/mol. The predicted octanol–water partition coefficient (Wildman–Crippen LogP) is 2.62. The number of piperidine rings is 1. The molecule has 2 aliphatic heterocycles. The highest BCUT2D eigenvalue weighted by molar-refractivity contribution is 5.93. The van der Waals surface area contributed by atoms with Crippen LogP contribution in [0.15, 0.2) is 22.6 Å². The summed E-state index contributed by atoms with van der Waals surface area (Å²) < 4.78 is 5.57. The molecule has 6 nitrogen and oxygen atoms in total. The summed E-state index contributed by atoms with van der Waals surface area (Å²) in [6.07, 6.45) is 3.40. The van der Waals surface area contributed by atoms with E-state index in [2.05, 4.69) is 15.5 Å². The van der Waals surface area contributed by atoms with Crippen LogP contribution in [-0.4, -0.2) is 47.2 Å². The van der Waals surface area contributed by atoms with Crippen molar-refractivity contribution in [1.82, 2.24) is 20.4 Å². The van der Waals surface area contributed by atoms with Gasteiger partial charge in [-0.2, -0.15) is 5.10 Å². The Morgan fingerprint density at radius 2 is 2.08 bits per heavy atom. The van der Waals surface area contributed by atoms with E-state index in [1.54, 1.807) is 6.07 Å². The van der Waals surface area contributed by atoms with Crippen LogP contribution in [0, 0.1) is 12.3 Å². The SMILES string of the molecule is Cc1ccc(-c2cc(C(=O)N3CCC4(CCNC4)CC3)n[nH]2)o1.Cl. The summed E-state index contributed by atoms with van der Waals surface area (Å²) in [5.41, 5.74) is 1.63. The summed E-state index contributed by atoms with van der Waals surface area (Å²) in [6, 6.07) is 5.56. The number of aryl methyl sites for hydroxylation is 1. The quantitative estimate of drug-likeness (QED) is 0.873. The molecule has 2 N–H and O–H groups in total. The summed E-state index contributed by atoms with van der Waals surface area (Å²) in [7, 11) is 0. The maximum atomic E-state index is 12.7. The van der Waals surface area contributed by atoms with Gasteiger partial charge in [-0.15, -0.1) is 12.4 Å². The lowest BCUT2D eigenvalue weighted by Gasteiger charge is -2.38. The first-order valence-corrected chi connectivity index (χ1v) is 8.28. The highest BCUT2D eigenvalue weighted by Gasteiger charge is 2.38. The lowest BCUT2D eigenvalue weighted by atomic mass is 9.78. The molecule has 0 unspecified atom stereocenters. The van der Waals surface area contributed by atoms with Gasteiger partial charge in [-0.05, 0) is 50.3 Å². The minimum atomic E-state index is 0. The maximum absolute atomic E-state index is 12.7. The van der Waals surface area contributed by atoms with E-state index in [0.29, 0.717) is 16.9 Å². The number of aromatic amines is 1. The minimum absolute atomic E-state index is 0. The highest BCUT2D eigenvalue weighted by atomic mass is 35.5. The lowest BCUT2D eigenvalue weighted by Crippen LogP contribution is -2.44. The van der Waals surface area contributed by atoms with Gasteiger partial charge in [-0.1, -0.05) is 0 Å². The van der Waals surface area contributed by atoms with Gasteiger partial charge >= 0.3 is 0 Å². The molecular weight excluding hydrogens is 328 g/mol. The van der Waals surface area contributed by atoms with Crippen molar-refractivity contribution in [2.24, 2.45) is 5.41 Å². The normalized spacial score (nSPS) is 19.5. The zero-order valence-corrected chi connectivity index (χ0v) is 14.6. The standard InChI is InChI=1S/C17H22N4O2.ClH/c1-12-2-3-15(23-12)13-10-14(20-19-13)16(22)21-8-5-17(6-9-21)4-7-18-11-17;/h2-3,10,18H,4-9,11H2,1H3,(H,19,20);1H. The number of amides is 1. The third kappa shape index (κ3) is 3.08. The molecule has 4 rings (SSSR count). The van der Waals surface area contributed by atoms with Crippen molar-refractivity contribution in [3.63, 3.8) is 0 Å². The molecule has 1 amide bonds. The van der Waals surface area contributed by atoms with Gasteiger partial charge in [0.25, 0.3) is 5.91 Å². The van der Waals surface area contributed by atoms with Crippen molar-refractivity contribution in [3.05, 3.63) is 29.7 Å². The fourth-order valence-electron chi connectivity index (χ4n) is 3.71. The Bertz CT molecular complexity index is 708. The Balaban J connectivity index is 0.00000169. The molecule has 0 aliphatic carbocycles. The number of likely N-dealkylation sites (tertiary alicyclic amines) is 1. The molecule has 2 fully saturated rings. The lowest BCUT2D eigenvalue weighted by molar-refractivity contribution is 0.0602. The molecule has 0 aromatic carbocycles. The number of nitrogens with zero attached hydrogens (tertiary/aromatic N) is 2. The average Bonchev–Trinajstić information content (AvgIpc) is 3.28. The third-order valence-electron chi connectivity index (χ3n) is 5.25. The number of H-pyrrole nitrogens is 1. The smallest absolute Gasteiger partial charge is 0.274 e. The van der Waals surface area contributed by atoms with Crippen molar-refractivity contribution in [3.8, 4) is 11.5 Å². The van der Waals surface area contributed by atoms with Crippen molar-refractivity contribution >= 4 is 18.3 Å². The Kier molecular flexibility index (Phi) is 4.69. The predicted molar refractivity (Wildman–Crippen MR) is 93.3 cm³/mol. The summed E-state index contributed by atoms with van der Waals surface area (Å²) in [5.74, 6) is 1.56. The van der Waals surface area contributed by atoms with Crippen LogP contribution < -0.4 is 5.32 Å². The van der Waals surface area contributed by atoms with E-state index in [9.17, 15) is 4.79 Å². The number of carbonyl (C=O) groups excluding carboxylic acids is 1. The first-order chi connectivity index (χ1) is 11.2. The van der Waals surface area contributed by atoms with Crippen LogP contribution >= 0.6 is 12.4 Å². The first-order valence-electron chi connectivity index (χ1n) is 8.28. The first kappa shape index (κ1) is 17.0. The summed E-state index contributed by atoms with van der Waals surface area (Å²) >= 11 is 0. The zero-order valence-electron chi connectivity index (χ0n) is 13.8. The molecule has 0 radical (unpaired) electrons. The fraction of sp³-hybridized carbons (Fsp3) is 0.529. The van der Waals surface area contributed by atoms with Crippen LogP contribution in [0.4, 0.5) is 0 Å². The topological polar surface area (TPSA) is 74.2 Å². The van der Waals surface area contributed by atoms with E-state index >= 15 is 0 Å². The summed E-state index contributed by atoms with van der Waals surface area (Å²) in [6.45, 7) is 5.75.